The number of rotatable bonds is 5. The van der Waals surface area contributed by atoms with Crippen LogP contribution in [0.3, 0.4) is 0 Å². The standard InChI is InChI=1S/C19H25N3O2/c1-15-3-4-16(2)22(15)18-7-5-17(6-8-18)19(23)20-9-10-21-11-13-24-14-12-21/h3-8H,9-14H2,1-2H3,(H,20,23). The second-order valence-electron chi connectivity index (χ2n) is 6.21. The number of carbonyl (C=O) groups excluding carboxylic acids is 1. The summed E-state index contributed by atoms with van der Waals surface area (Å²) in [5, 5.41) is 3.00. The summed E-state index contributed by atoms with van der Waals surface area (Å²) in [6, 6.07) is 12.0. The first-order chi connectivity index (χ1) is 11.6. The Kier molecular flexibility index (Phi) is 5.33. The van der Waals surface area contributed by atoms with Gasteiger partial charge in [-0.2, -0.15) is 0 Å². The molecule has 0 saturated carbocycles. The maximum atomic E-state index is 12.3. The van der Waals surface area contributed by atoms with Gasteiger partial charge in [0.05, 0.1) is 13.2 Å². The van der Waals surface area contributed by atoms with Crippen LogP contribution in [0.4, 0.5) is 0 Å². The van der Waals surface area contributed by atoms with Crippen LogP contribution in [-0.2, 0) is 4.74 Å². The molecule has 3 rings (SSSR count). The van der Waals surface area contributed by atoms with Crippen molar-refractivity contribution in [2.45, 2.75) is 13.8 Å². The third kappa shape index (κ3) is 3.86. The van der Waals surface area contributed by atoms with Gasteiger partial charge in [0.1, 0.15) is 0 Å². The topological polar surface area (TPSA) is 46.5 Å². The highest BCUT2D eigenvalue weighted by atomic mass is 16.5. The molecule has 1 aliphatic rings. The monoisotopic (exact) mass is 327 g/mol. The molecule has 0 radical (unpaired) electrons. The van der Waals surface area contributed by atoms with Gasteiger partial charge in [-0.15, -0.1) is 0 Å². The normalized spacial score (nSPS) is 15.4. The summed E-state index contributed by atoms with van der Waals surface area (Å²) >= 11 is 0. The SMILES string of the molecule is Cc1ccc(C)n1-c1ccc(C(=O)NCCN2CCOCC2)cc1. The molecule has 24 heavy (non-hydrogen) atoms. The summed E-state index contributed by atoms with van der Waals surface area (Å²) in [7, 11) is 0. The van der Waals surface area contributed by atoms with Gasteiger partial charge in [0, 0.05) is 48.8 Å². The molecule has 0 aliphatic carbocycles. The molecule has 128 valence electrons. The third-order valence-corrected chi connectivity index (χ3v) is 4.48. The lowest BCUT2D eigenvalue weighted by molar-refractivity contribution is 0.0383. The van der Waals surface area contributed by atoms with E-state index < -0.39 is 0 Å². The second kappa shape index (κ2) is 7.64. The molecule has 1 N–H and O–H groups in total. The fourth-order valence-electron chi connectivity index (χ4n) is 3.09. The van der Waals surface area contributed by atoms with E-state index in [1.54, 1.807) is 0 Å². The zero-order valence-corrected chi connectivity index (χ0v) is 14.4. The summed E-state index contributed by atoms with van der Waals surface area (Å²) in [5.41, 5.74) is 4.16. The van der Waals surface area contributed by atoms with Crippen LogP contribution in [0, 0.1) is 13.8 Å². The number of nitrogens with one attached hydrogen (secondary N) is 1. The summed E-state index contributed by atoms with van der Waals surface area (Å²) < 4.78 is 7.50. The number of hydrogen-bond acceptors (Lipinski definition) is 3. The van der Waals surface area contributed by atoms with E-state index in [2.05, 4.69) is 40.8 Å². The number of amides is 1. The maximum absolute atomic E-state index is 12.3. The average Bonchev–Trinajstić information content (AvgIpc) is 2.94. The minimum absolute atomic E-state index is 0.0178. The molecule has 5 nitrogen and oxygen atoms in total. The highest BCUT2D eigenvalue weighted by molar-refractivity contribution is 5.94. The van der Waals surface area contributed by atoms with Crippen LogP contribution in [0.1, 0.15) is 21.7 Å². The number of carbonyl (C=O) groups is 1. The van der Waals surface area contributed by atoms with Crippen LogP contribution in [0.15, 0.2) is 36.4 Å². The molecule has 1 aromatic carbocycles. The lowest BCUT2D eigenvalue weighted by atomic mass is 10.2. The lowest BCUT2D eigenvalue weighted by Crippen LogP contribution is -2.41. The van der Waals surface area contributed by atoms with Crippen LogP contribution in [0.25, 0.3) is 5.69 Å². The minimum Gasteiger partial charge on any atom is -0.379 e. The van der Waals surface area contributed by atoms with Crippen LogP contribution >= 0.6 is 0 Å². The Morgan fingerprint density at radius 2 is 1.67 bits per heavy atom. The van der Waals surface area contributed by atoms with E-state index in [0.717, 1.165) is 38.5 Å². The van der Waals surface area contributed by atoms with Crippen LogP contribution < -0.4 is 5.32 Å². The molecule has 5 heteroatoms. The smallest absolute Gasteiger partial charge is 0.251 e. The molecular formula is C19H25N3O2. The largest absolute Gasteiger partial charge is 0.379 e. The Hall–Kier alpha value is -2.11. The second-order valence-corrected chi connectivity index (χ2v) is 6.21. The molecule has 2 aromatic rings. The van der Waals surface area contributed by atoms with Gasteiger partial charge in [0.25, 0.3) is 5.91 Å². The van der Waals surface area contributed by atoms with Gasteiger partial charge in [-0.05, 0) is 50.2 Å². The van der Waals surface area contributed by atoms with E-state index in [4.69, 9.17) is 4.74 Å². The van der Waals surface area contributed by atoms with Crippen molar-refractivity contribution in [3.05, 3.63) is 53.3 Å². The van der Waals surface area contributed by atoms with E-state index in [-0.39, 0.29) is 5.91 Å². The van der Waals surface area contributed by atoms with Crippen LogP contribution in [0.2, 0.25) is 0 Å². The highest BCUT2D eigenvalue weighted by Gasteiger charge is 2.11. The number of hydrogen-bond donors (Lipinski definition) is 1. The van der Waals surface area contributed by atoms with Crippen molar-refractivity contribution in [2.75, 3.05) is 39.4 Å². The predicted octanol–water partition coefficient (Wildman–Crippen LogP) is 2.16. The predicted molar refractivity (Wildman–Crippen MR) is 94.8 cm³/mol. The number of ether oxygens (including phenoxy) is 1. The lowest BCUT2D eigenvalue weighted by Gasteiger charge is -2.26. The zero-order chi connectivity index (χ0) is 16.9. The molecule has 1 amide bonds. The molecule has 1 saturated heterocycles. The first-order valence-electron chi connectivity index (χ1n) is 8.49. The zero-order valence-electron chi connectivity index (χ0n) is 14.4. The molecule has 0 unspecified atom stereocenters. The van der Waals surface area contributed by atoms with Crippen LogP contribution in [0.5, 0.6) is 0 Å². The van der Waals surface area contributed by atoms with Gasteiger partial charge in [0.15, 0.2) is 0 Å². The van der Waals surface area contributed by atoms with Gasteiger partial charge in [-0.25, -0.2) is 0 Å². The summed E-state index contributed by atoms with van der Waals surface area (Å²) in [5.74, 6) is -0.0178. The fourth-order valence-corrected chi connectivity index (χ4v) is 3.09. The Morgan fingerprint density at radius 1 is 1.04 bits per heavy atom. The minimum atomic E-state index is -0.0178. The van der Waals surface area contributed by atoms with Gasteiger partial charge in [0.2, 0.25) is 0 Å². The Labute approximate surface area is 143 Å². The number of aromatic nitrogens is 1. The number of aryl methyl sites for hydroxylation is 2. The van der Waals surface area contributed by atoms with Crippen molar-refractivity contribution in [1.82, 2.24) is 14.8 Å². The van der Waals surface area contributed by atoms with Crippen LogP contribution in [-0.4, -0.2) is 54.8 Å². The first-order valence-corrected chi connectivity index (χ1v) is 8.49. The quantitative estimate of drug-likeness (QED) is 0.915. The highest BCUT2D eigenvalue weighted by Crippen LogP contribution is 2.16. The molecule has 1 aliphatic heterocycles. The van der Waals surface area contributed by atoms with Crippen molar-refractivity contribution < 1.29 is 9.53 Å². The first kappa shape index (κ1) is 16.7. The maximum Gasteiger partial charge on any atom is 0.251 e. The number of morpholine rings is 1. The Balaban J connectivity index is 1.56. The van der Waals surface area contributed by atoms with E-state index in [1.165, 1.54) is 11.4 Å². The van der Waals surface area contributed by atoms with Crippen molar-refractivity contribution in [3.63, 3.8) is 0 Å². The molecule has 0 atom stereocenters. The third-order valence-electron chi connectivity index (χ3n) is 4.48. The van der Waals surface area contributed by atoms with Gasteiger partial charge < -0.3 is 14.6 Å². The van der Waals surface area contributed by atoms with E-state index in [0.29, 0.717) is 12.1 Å². The number of benzene rings is 1. The fraction of sp³-hybridized carbons (Fsp3) is 0.421. The summed E-state index contributed by atoms with van der Waals surface area (Å²) in [6.45, 7) is 9.16. The molecule has 2 heterocycles. The average molecular weight is 327 g/mol. The molecule has 0 bridgehead atoms. The molecule has 1 fully saturated rings. The van der Waals surface area contributed by atoms with Gasteiger partial charge >= 0.3 is 0 Å². The summed E-state index contributed by atoms with van der Waals surface area (Å²) in [4.78, 5) is 14.6. The number of nitrogens with zero attached hydrogens (tertiary/aromatic N) is 2. The molecular weight excluding hydrogens is 302 g/mol. The molecule has 1 aromatic heterocycles. The summed E-state index contributed by atoms with van der Waals surface area (Å²) in [6.07, 6.45) is 0. The Bertz CT molecular complexity index is 666. The van der Waals surface area contributed by atoms with E-state index in [1.807, 2.05) is 24.3 Å². The van der Waals surface area contributed by atoms with Gasteiger partial charge in [-0.3, -0.25) is 9.69 Å². The van der Waals surface area contributed by atoms with E-state index in [9.17, 15) is 4.79 Å². The van der Waals surface area contributed by atoms with Crippen molar-refractivity contribution in [2.24, 2.45) is 0 Å². The van der Waals surface area contributed by atoms with Crippen molar-refractivity contribution >= 4 is 5.91 Å². The Morgan fingerprint density at radius 3 is 2.29 bits per heavy atom. The van der Waals surface area contributed by atoms with Crippen molar-refractivity contribution in [1.29, 1.82) is 0 Å². The van der Waals surface area contributed by atoms with Gasteiger partial charge in [-0.1, -0.05) is 0 Å². The van der Waals surface area contributed by atoms with Crippen molar-refractivity contribution in [3.8, 4) is 5.69 Å². The molecule has 0 spiro atoms. The van der Waals surface area contributed by atoms with E-state index >= 15 is 0 Å².